The molecule has 2 bridgehead atoms. The second kappa shape index (κ2) is 4.94. The monoisotopic (exact) mass is 307 g/mol. The average molecular weight is 307 g/mol. The molecule has 2 unspecified atom stereocenters. The summed E-state index contributed by atoms with van der Waals surface area (Å²) in [5.41, 5.74) is 0.657. The van der Waals surface area contributed by atoms with Gasteiger partial charge in [-0.15, -0.1) is 0 Å². The van der Waals surface area contributed by atoms with Crippen molar-refractivity contribution in [3.63, 3.8) is 0 Å². The third kappa shape index (κ3) is 2.35. The zero-order valence-corrected chi connectivity index (χ0v) is 15.0. The average Bonchev–Trinajstić information content (AvgIpc) is 2.79. The van der Waals surface area contributed by atoms with Crippen molar-refractivity contribution < 1.29 is 9.47 Å². The van der Waals surface area contributed by atoms with E-state index in [9.17, 15) is 0 Å². The molecule has 0 aromatic heterocycles. The van der Waals surface area contributed by atoms with Gasteiger partial charge < -0.3 is 9.47 Å². The van der Waals surface area contributed by atoms with Crippen LogP contribution in [0.5, 0.6) is 0 Å². The first-order chi connectivity index (χ1) is 10.3. The van der Waals surface area contributed by atoms with E-state index >= 15 is 0 Å². The van der Waals surface area contributed by atoms with Crippen molar-refractivity contribution in [2.24, 2.45) is 23.2 Å². The fourth-order valence-electron chi connectivity index (χ4n) is 6.08. The third-order valence-electron chi connectivity index (χ3n) is 6.83. The molecule has 0 amide bonds. The molecule has 1 aliphatic carbocycles. The zero-order valence-electron chi connectivity index (χ0n) is 15.0. The molecule has 1 saturated carbocycles. The van der Waals surface area contributed by atoms with Crippen LogP contribution in [0.15, 0.2) is 0 Å². The Morgan fingerprint density at radius 3 is 2.27 bits per heavy atom. The number of morpholine rings is 1. The van der Waals surface area contributed by atoms with Crippen molar-refractivity contribution in [2.75, 3.05) is 19.8 Å². The van der Waals surface area contributed by atoms with Crippen LogP contribution in [0, 0.1) is 23.2 Å². The quantitative estimate of drug-likeness (QED) is 0.798. The van der Waals surface area contributed by atoms with Crippen LogP contribution in [0.4, 0.5) is 0 Å². The number of hydrogen-bond acceptors (Lipinski definition) is 3. The summed E-state index contributed by atoms with van der Waals surface area (Å²) in [4.78, 5) is 2.77. The van der Waals surface area contributed by atoms with Crippen molar-refractivity contribution in [3.8, 4) is 0 Å². The molecule has 0 radical (unpaired) electrons. The van der Waals surface area contributed by atoms with Gasteiger partial charge in [-0.3, -0.25) is 4.90 Å². The lowest BCUT2D eigenvalue weighted by Gasteiger charge is -2.49. The SMILES string of the molecule is CC(C)(CC1OC[C@@H]2CC[C@H]1N2C(C)(C)C)C1[C@H]2COC[C@@H]12. The van der Waals surface area contributed by atoms with E-state index in [4.69, 9.17) is 9.47 Å². The molecular formula is C19H33NO2. The van der Waals surface area contributed by atoms with Crippen LogP contribution in [0.3, 0.4) is 0 Å². The molecule has 3 heterocycles. The van der Waals surface area contributed by atoms with Crippen molar-refractivity contribution in [1.82, 2.24) is 4.90 Å². The molecule has 22 heavy (non-hydrogen) atoms. The molecule has 0 N–H and O–H groups in total. The largest absolute Gasteiger partial charge is 0.381 e. The number of hydrogen-bond donors (Lipinski definition) is 0. The van der Waals surface area contributed by atoms with E-state index in [1.165, 1.54) is 19.3 Å². The number of nitrogens with zero attached hydrogens (tertiary/aromatic N) is 1. The van der Waals surface area contributed by atoms with Gasteiger partial charge in [-0.25, -0.2) is 0 Å². The molecule has 126 valence electrons. The van der Waals surface area contributed by atoms with Crippen molar-refractivity contribution >= 4 is 0 Å². The molecule has 4 rings (SSSR count). The predicted molar refractivity (Wildman–Crippen MR) is 87.8 cm³/mol. The first kappa shape index (κ1) is 15.4. The van der Waals surface area contributed by atoms with Crippen LogP contribution in [0.1, 0.15) is 53.9 Å². The van der Waals surface area contributed by atoms with Gasteiger partial charge in [0, 0.05) is 17.6 Å². The van der Waals surface area contributed by atoms with E-state index in [2.05, 4.69) is 39.5 Å². The Morgan fingerprint density at radius 1 is 0.955 bits per heavy atom. The molecule has 0 aromatic carbocycles. The van der Waals surface area contributed by atoms with Gasteiger partial charge in [-0.1, -0.05) is 13.8 Å². The van der Waals surface area contributed by atoms with E-state index in [0.717, 1.165) is 37.6 Å². The van der Waals surface area contributed by atoms with Gasteiger partial charge in [-0.05, 0) is 63.2 Å². The zero-order chi connectivity index (χ0) is 15.7. The fraction of sp³-hybridized carbons (Fsp3) is 1.00. The van der Waals surface area contributed by atoms with Crippen LogP contribution in [0.25, 0.3) is 0 Å². The fourth-order valence-corrected chi connectivity index (χ4v) is 6.08. The van der Waals surface area contributed by atoms with Crippen molar-refractivity contribution in [2.45, 2.75) is 77.6 Å². The topological polar surface area (TPSA) is 21.7 Å². The second-order valence-corrected chi connectivity index (χ2v) is 9.83. The maximum atomic E-state index is 6.35. The standard InChI is InChI=1S/C19H33NO2/c1-18(2,3)20-12-6-7-15(20)16(22-9-12)8-19(4,5)17-13-10-21-11-14(13)17/h12-17H,6-11H2,1-5H3/t12-,13-,14+,15+,16?,17?/m0/s1. The van der Waals surface area contributed by atoms with Gasteiger partial charge >= 0.3 is 0 Å². The first-order valence-electron chi connectivity index (χ1n) is 9.27. The van der Waals surface area contributed by atoms with Gasteiger partial charge in [0.15, 0.2) is 0 Å². The van der Waals surface area contributed by atoms with Crippen LogP contribution in [-0.4, -0.2) is 48.4 Å². The highest BCUT2D eigenvalue weighted by atomic mass is 16.5. The summed E-state index contributed by atoms with van der Waals surface area (Å²) < 4.78 is 11.9. The highest BCUT2D eigenvalue weighted by Crippen LogP contribution is 2.61. The molecule has 4 aliphatic rings. The molecule has 3 aliphatic heterocycles. The van der Waals surface area contributed by atoms with E-state index < -0.39 is 0 Å². The number of fused-ring (bicyclic) bond motifs is 3. The lowest BCUT2D eigenvalue weighted by atomic mass is 9.77. The van der Waals surface area contributed by atoms with Crippen LogP contribution in [-0.2, 0) is 9.47 Å². The summed E-state index contributed by atoms with van der Waals surface area (Å²) in [6.45, 7) is 15.0. The van der Waals surface area contributed by atoms with E-state index in [0.29, 0.717) is 23.6 Å². The van der Waals surface area contributed by atoms with Crippen molar-refractivity contribution in [3.05, 3.63) is 0 Å². The minimum absolute atomic E-state index is 0.266. The first-order valence-corrected chi connectivity index (χ1v) is 9.27. The van der Waals surface area contributed by atoms with Crippen LogP contribution >= 0.6 is 0 Å². The Bertz CT molecular complexity index is 431. The lowest BCUT2D eigenvalue weighted by Crippen LogP contribution is -2.59. The number of rotatable bonds is 3. The molecule has 6 atom stereocenters. The summed E-state index contributed by atoms with van der Waals surface area (Å²) in [5.74, 6) is 2.55. The number of ether oxygens (including phenoxy) is 2. The molecular weight excluding hydrogens is 274 g/mol. The predicted octanol–water partition coefficient (Wildman–Crippen LogP) is 3.33. The highest BCUT2D eigenvalue weighted by molar-refractivity contribution is 5.09. The summed E-state index contributed by atoms with van der Waals surface area (Å²) >= 11 is 0. The normalized spacial score (nSPS) is 45.1. The van der Waals surface area contributed by atoms with Crippen LogP contribution in [0.2, 0.25) is 0 Å². The third-order valence-corrected chi connectivity index (χ3v) is 6.83. The van der Waals surface area contributed by atoms with Gasteiger partial charge in [0.25, 0.3) is 0 Å². The van der Waals surface area contributed by atoms with E-state index in [1.807, 2.05) is 0 Å². The van der Waals surface area contributed by atoms with E-state index in [-0.39, 0.29) is 5.54 Å². The molecule has 0 aromatic rings. The maximum Gasteiger partial charge on any atom is 0.0736 e. The Labute approximate surface area is 135 Å². The van der Waals surface area contributed by atoms with Crippen LogP contribution < -0.4 is 0 Å². The Hall–Kier alpha value is -0.120. The summed E-state index contributed by atoms with van der Waals surface area (Å²) in [5, 5.41) is 0. The Balaban J connectivity index is 1.46. The smallest absolute Gasteiger partial charge is 0.0736 e. The maximum absolute atomic E-state index is 6.35. The Kier molecular flexibility index (Phi) is 3.46. The highest BCUT2D eigenvalue weighted by Gasteiger charge is 2.61. The molecule has 3 saturated heterocycles. The minimum Gasteiger partial charge on any atom is -0.381 e. The molecule has 3 heteroatoms. The van der Waals surface area contributed by atoms with Gasteiger partial charge in [0.2, 0.25) is 0 Å². The van der Waals surface area contributed by atoms with E-state index in [1.54, 1.807) is 0 Å². The summed E-state index contributed by atoms with van der Waals surface area (Å²) in [6.07, 6.45) is 4.29. The summed E-state index contributed by atoms with van der Waals surface area (Å²) in [7, 11) is 0. The summed E-state index contributed by atoms with van der Waals surface area (Å²) in [6, 6.07) is 1.28. The molecule has 4 fully saturated rings. The van der Waals surface area contributed by atoms with Gasteiger partial charge in [0.1, 0.15) is 0 Å². The Morgan fingerprint density at radius 2 is 1.64 bits per heavy atom. The van der Waals surface area contributed by atoms with Gasteiger partial charge in [0.05, 0.1) is 25.9 Å². The molecule has 0 spiro atoms. The lowest BCUT2D eigenvalue weighted by molar-refractivity contribution is -0.120. The van der Waals surface area contributed by atoms with Crippen molar-refractivity contribution in [1.29, 1.82) is 0 Å². The minimum atomic E-state index is 0.266. The second-order valence-electron chi connectivity index (χ2n) is 9.83. The molecule has 3 nitrogen and oxygen atoms in total. The van der Waals surface area contributed by atoms with Gasteiger partial charge in [-0.2, -0.15) is 0 Å².